The molecular formula is C37H77NO13S. The maximum absolute atomic E-state index is 5.64. The predicted molar refractivity (Wildman–Crippen MR) is 205 cm³/mol. The van der Waals surface area contributed by atoms with Crippen LogP contribution in [0.25, 0.3) is 0 Å². The summed E-state index contributed by atoms with van der Waals surface area (Å²) in [4.78, 5) is 0. The van der Waals surface area contributed by atoms with Gasteiger partial charge in [-0.3, -0.25) is 0 Å². The van der Waals surface area contributed by atoms with Crippen LogP contribution in [0.4, 0.5) is 0 Å². The molecule has 0 saturated carbocycles. The Morgan fingerprint density at radius 1 is 0.212 bits per heavy atom. The molecule has 0 aromatic carbocycles. The molecule has 15 heteroatoms. The summed E-state index contributed by atoms with van der Waals surface area (Å²) in [6, 6.07) is 0. The van der Waals surface area contributed by atoms with E-state index in [1.54, 1.807) is 0 Å². The summed E-state index contributed by atoms with van der Waals surface area (Å²) in [6.07, 6.45) is 11.7. The molecule has 314 valence electrons. The Kier molecular flexibility index (Phi) is 50.6. The average Bonchev–Trinajstić information content (AvgIpc) is 3.16. The second-order valence-electron chi connectivity index (χ2n) is 11.7. The van der Waals surface area contributed by atoms with Crippen molar-refractivity contribution in [1.29, 1.82) is 0 Å². The molecule has 52 heavy (non-hydrogen) atoms. The largest absolute Gasteiger partial charge is 0.379 e. The summed E-state index contributed by atoms with van der Waals surface area (Å²) in [7, 11) is 0. The summed E-state index contributed by atoms with van der Waals surface area (Å²) in [5.41, 5.74) is 5.34. The highest BCUT2D eigenvalue weighted by molar-refractivity contribution is 7.80. The third-order valence-electron chi connectivity index (χ3n) is 7.17. The molecule has 2 N–H and O–H groups in total. The molecule has 0 radical (unpaired) electrons. The van der Waals surface area contributed by atoms with Gasteiger partial charge in [0, 0.05) is 13.2 Å². The number of rotatable bonds is 49. The average molecular weight is 776 g/mol. The highest BCUT2D eigenvalue weighted by atomic mass is 32.1. The molecule has 0 saturated heterocycles. The van der Waals surface area contributed by atoms with Gasteiger partial charge in [-0.05, 0) is 18.6 Å². The molecule has 0 atom stereocenters. The van der Waals surface area contributed by atoms with E-state index in [1.165, 1.54) is 51.4 Å². The number of ether oxygens (including phenoxy) is 13. The quantitative estimate of drug-likeness (QED) is 0.0686. The highest BCUT2D eigenvalue weighted by Gasteiger charge is 1.98. The van der Waals surface area contributed by atoms with Crippen LogP contribution in [0.1, 0.15) is 57.8 Å². The molecule has 0 aromatic rings. The van der Waals surface area contributed by atoms with Crippen molar-refractivity contribution >= 4 is 12.6 Å². The first kappa shape index (κ1) is 51.8. The van der Waals surface area contributed by atoms with Crippen molar-refractivity contribution in [2.75, 3.05) is 184 Å². The maximum atomic E-state index is 5.64. The molecular weight excluding hydrogens is 698 g/mol. The lowest BCUT2D eigenvalue weighted by Gasteiger charge is -2.09. The fraction of sp³-hybridized carbons (Fsp3) is 1.00. The molecule has 0 heterocycles. The van der Waals surface area contributed by atoms with Crippen molar-refractivity contribution in [3.05, 3.63) is 0 Å². The van der Waals surface area contributed by atoms with E-state index in [0.29, 0.717) is 172 Å². The van der Waals surface area contributed by atoms with Crippen molar-refractivity contribution in [1.82, 2.24) is 0 Å². The Morgan fingerprint density at radius 3 is 0.596 bits per heavy atom. The van der Waals surface area contributed by atoms with Gasteiger partial charge in [-0.25, -0.2) is 0 Å². The van der Waals surface area contributed by atoms with E-state index in [2.05, 4.69) is 12.6 Å². The van der Waals surface area contributed by atoms with Crippen molar-refractivity contribution < 1.29 is 61.6 Å². The predicted octanol–water partition coefficient (Wildman–Crippen LogP) is 3.60. The zero-order valence-corrected chi connectivity index (χ0v) is 33.4. The fourth-order valence-electron chi connectivity index (χ4n) is 4.38. The van der Waals surface area contributed by atoms with Crippen LogP contribution in [0.3, 0.4) is 0 Å². The summed E-state index contributed by atoms with van der Waals surface area (Å²) >= 11 is 4.25. The first-order valence-corrected chi connectivity index (χ1v) is 20.4. The molecule has 0 fully saturated rings. The van der Waals surface area contributed by atoms with E-state index in [-0.39, 0.29) is 0 Å². The van der Waals surface area contributed by atoms with Gasteiger partial charge in [0.2, 0.25) is 0 Å². The minimum absolute atomic E-state index is 0.511. The Morgan fingerprint density at radius 2 is 0.385 bits per heavy atom. The Labute approximate surface area is 321 Å². The summed E-state index contributed by atoms with van der Waals surface area (Å²) in [6.45, 7) is 14.7. The van der Waals surface area contributed by atoms with Crippen LogP contribution < -0.4 is 5.73 Å². The van der Waals surface area contributed by atoms with Crippen molar-refractivity contribution in [3.63, 3.8) is 0 Å². The number of hydrogen-bond acceptors (Lipinski definition) is 15. The first-order chi connectivity index (χ1) is 25.9. The van der Waals surface area contributed by atoms with E-state index < -0.39 is 0 Å². The molecule has 0 aliphatic rings. The topological polar surface area (TPSA) is 146 Å². The van der Waals surface area contributed by atoms with E-state index in [4.69, 9.17) is 67.3 Å². The normalized spacial score (nSPS) is 11.7. The second kappa shape index (κ2) is 50.8. The molecule has 0 amide bonds. The van der Waals surface area contributed by atoms with Crippen LogP contribution in [0, 0.1) is 0 Å². The monoisotopic (exact) mass is 776 g/mol. The van der Waals surface area contributed by atoms with Gasteiger partial charge in [0.1, 0.15) is 0 Å². The van der Waals surface area contributed by atoms with Gasteiger partial charge in [-0.2, -0.15) is 12.6 Å². The molecule has 0 spiro atoms. The smallest absolute Gasteiger partial charge is 0.0701 e. The third-order valence-corrected chi connectivity index (χ3v) is 7.49. The number of nitrogens with two attached hydrogens (primary N) is 1. The van der Waals surface area contributed by atoms with Gasteiger partial charge in [0.05, 0.1) is 165 Å². The van der Waals surface area contributed by atoms with E-state index in [1.807, 2.05) is 0 Å². The van der Waals surface area contributed by atoms with Crippen molar-refractivity contribution in [2.24, 2.45) is 5.73 Å². The van der Waals surface area contributed by atoms with Crippen LogP contribution >= 0.6 is 12.6 Å². The van der Waals surface area contributed by atoms with Crippen LogP contribution in [0.15, 0.2) is 0 Å². The Balaban J connectivity index is 3.04. The lowest BCUT2D eigenvalue weighted by Crippen LogP contribution is -2.16. The second-order valence-corrected chi connectivity index (χ2v) is 12.1. The Hall–Kier alpha value is -0.210. The van der Waals surface area contributed by atoms with Gasteiger partial charge >= 0.3 is 0 Å². The van der Waals surface area contributed by atoms with Crippen molar-refractivity contribution in [2.45, 2.75) is 57.8 Å². The standard InChI is InChI=1S/C37H77NO13S/c38-10-12-40-14-16-42-18-20-44-22-24-46-26-28-48-30-32-50-34-36-51-35-33-49-31-29-47-27-25-45-23-21-43-19-17-41-15-13-39-11-8-6-4-2-1-3-5-7-9-37-52/h52H,1-38H2. The zero-order valence-electron chi connectivity index (χ0n) is 32.5. The lowest BCUT2D eigenvalue weighted by molar-refractivity contribution is -0.0290. The van der Waals surface area contributed by atoms with Gasteiger partial charge in [-0.1, -0.05) is 44.9 Å². The van der Waals surface area contributed by atoms with Crippen molar-refractivity contribution in [3.8, 4) is 0 Å². The van der Waals surface area contributed by atoms with Crippen LogP contribution in [0.5, 0.6) is 0 Å². The Bertz CT molecular complexity index is 570. The minimum Gasteiger partial charge on any atom is -0.379 e. The van der Waals surface area contributed by atoms with Crippen LogP contribution in [-0.2, 0) is 61.6 Å². The molecule has 14 nitrogen and oxygen atoms in total. The summed E-state index contributed by atoms with van der Waals surface area (Å²) in [5, 5.41) is 0. The van der Waals surface area contributed by atoms with Gasteiger partial charge in [0.25, 0.3) is 0 Å². The van der Waals surface area contributed by atoms with Crippen LogP contribution in [0.2, 0.25) is 0 Å². The van der Waals surface area contributed by atoms with E-state index >= 15 is 0 Å². The number of thiol groups is 1. The van der Waals surface area contributed by atoms with Gasteiger partial charge < -0.3 is 67.3 Å². The number of hydrogen-bond donors (Lipinski definition) is 2. The molecule has 0 aliphatic heterocycles. The van der Waals surface area contributed by atoms with E-state index in [0.717, 1.165) is 18.8 Å². The summed E-state index contributed by atoms with van der Waals surface area (Å²) < 4.78 is 71.2. The lowest BCUT2D eigenvalue weighted by atomic mass is 10.1. The fourth-order valence-corrected chi connectivity index (χ4v) is 4.60. The van der Waals surface area contributed by atoms with Crippen LogP contribution in [-0.4, -0.2) is 184 Å². The van der Waals surface area contributed by atoms with E-state index in [9.17, 15) is 0 Å². The highest BCUT2D eigenvalue weighted by Crippen LogP contribution is 2.10. The molecule has 0 aliphatic carbocycles. The first-order valence-electron chi connectivity index (χ1n) is 19.7. The SMILES string of the molecule is NCCOCCOCCOCCOCCOCCOCCOCCOCCOCCOCCOCCOCCOCCCCCCCCCCCS. The molecule has 0 rings (SSSR count). The third kappa shape index (κ3) is 49.8. The maximum Gasteiger partial charge on any atom is 0.0701 e. The van der Waals surface area contributed by atoms with Gasteiger partial charge in [-0.15, -0.1) is 0 Å². The molecule has 0 unspecified atom stereocenters. The molecule has 0 bridgehead atoms. The molecule has 0 aromatic heterocycles. The summed E-state index contributed by atoms with van der Waals surface area (Å²) in [5.74, 6) is 1.02. The zero-order chi connectivity index (χ0) is 37.4. The minimum atomic E-state index is 0.511. The van der Waals surface area contributed by atoms with Gasteiger partial charge in [0.15, 0.2) is 0 Å². The number of unbranched alkanes of at least 4 members (excludes halogenated alkanes) is 8.